The third-order valence-electron chi connectivity index (χ3n) is 2.96. The highest BCUT2D eigenvalue weighted by Gasteiger charge is 2.00. The van der Waals surface area contributed by atoms with Gasteiger partial charge in [0.15, 0.2) is 0 Å². The van der Waals surface area contributed by atoms with Crippen LogP contribution in [-0.2, 0) is 24.6 Å². The van der Waals surface area contributed by atoms with Crippen molar-refractivity contribution in [2.75, 3.05) is 18.9 Å². The van der Waals surface area contributed by atoms with Crippen LogP contribution in [0, 0.1) is 0 Å². The smallest absolute Gasteiger partial charge is 0.110 e. The minimum atomic E-state index is 0.692. The highest BCUT2D eigenvalue weighted by Crippen LogP contribution is 2.10. The van der Waals surface area contributed by atoms with Crippen molar-refractivity contribution in [1.82, 2.24) is 9.55 Å². The summed E-state index contributed by atoms with van der Waals surface area (Å²) in [5, 5.41) is 0. The summed E-state index contributed by atoms with van der Waals surface area (Å²) in [4.78, 5) is 4.25. The summed E-state index contributed by atoms with van der Waals surface area (Å²) in [5.41, 5.74) is 7.85. The topological polar surface area (TPSA) is 53.1 Å². The minimum Gasteiger partial charge on any atom is -0.399 e. The summed E-state index contributed by atoms with van der Waals surface area (Å²) in [7, 11) is 1.99. The van der Waals surface area contributed by atoms with Crippen LogP contribution >= 0.6 is 0 Å². The van der Waals surface area contributed by atoms with Gasteiger partial charge in [-0.3, -0.25) is 0 Å². The van der Waals surface area contributed by atoms with Gasteiger partial charge in [0.05, 0.1) is 13.2 Å². The molecule has 0 spiro atoms. The lowest BCUT2D eigenvalue weighted by molar-refractivity contribution is 0.138. The fourth-order valence-corrected chi connectivity index (χ4v) is 1.85. The predicted molar refractivity (Wildman–Crippen MR) is 72.3 cm³/mol. The van der Waals surface area contributed by atoms with Gasteiger partial charge in [0.25, 0.3) is 0 Å². The maximum Gasteiger partial charge on any atom is 0.110 e. The number of aryl methyl sites for hydroxylation is 1. The van der Waals surface area contributed by atoms with Crippen molar-refractivity contribution in [2.45, 2.75) is 12.8 Å². The Morgan fingerprint density at radius 3 is 2.72 bits per heavy atom. The molecule has 0 atom stereocenters. The Labute approximate surface area is 107 Å². The Bertz CT molecular complexity index is 493. The summed E-state index contributed by atoms with van der Waals surface area (Å²) in [6.45, 7) is 1.39. The first kappa shape index (κ1) is 12.6. The zero-order valence-corrected chi connectivity index (χ0v) is 10.7. The van der Waals surface area contributed by atoms with Crippen LogP contribution in [0.4, 0.5) is 5.69 Å². The zero-order chi connectivity index (χ0) is 12.8. The van der Waals surface area contributed by atoms with E-state index in [-0.39, 0.29) is 0 Å². The lowest BCUT2D eigenvalue weighted by Crippen LogP contribution is -2.07. The first-order valence-corrected chi connectivity index (χ1v) is 6.14. The van der Waals surface area contributed by atoms with Crippen molar-refractivity contribution in [2.24, 2.45) is 7.05 Å². The molecule has 0 amide bonds. The zero-order valence-electron chi connectivity index (χ0n) is 10.7. The molecule has 0 unspecified atom stereocenters. The number of para-hydroxylation sites is 1. The molecule has 0 aliphatic heterocycles. The second-order valence-electron chi connectivity index (χ2n) is 4.27. The molecule has 0 aliphatic carbocycles. The van der Waals surface area contributed by atoms with E-state index < -0.39 is 0 Å². The second-order valence-corrected chi connectivity index (χ2v) is 4.27. The van der Waals surface area contributed by atoms with E-state index in [0.717, 1.165) is 29.9 Å². The fraction of sp³-hybridized carbons (Fsp3) is 0.357. The summed E-state index contributed by atoms with van der Waals surface area (Å²) >= 11 is 0. The minimum absolute atomic E-state index is 0.692. The van der Waals surface area contributed by atoms with Crippen LogP contribution in [0.15, 0.2) is 36.7 Å². The number of imidazole rings is 1. The number of anilines is 1. The van der Waals surface area contributed by atoms with E-state index >= 15 is 0 Å². The van der Waals surface area contributed by atoms with Crippen molar-refractivity contribution < 1.29 is 4.74 Å². The molecule has 0 saturated heterocycles. The average Bonchev–Trinajstić information content (AvgIpc) is 2.77. The molecule has 0 fully saturated rings. The number of rotatable bonds is 6. The van der Waals surface area contributed by atoms with E-state index in [1.807, 2.05) is 42.1 Å². The first-order chi connectivity index (χ1) is 8.77. The van der Waals surface area contributed by atoms with E-state index in [2.05, 4.69) is 4.98 Å². The molecule has 1 heterocycles. The fourth-order valence-electron chi connectivity index (χ4n) is 1.85. The van der Waals surface area contributed by atoms with Crippen LogP contribution in [0.1, 0.15) is 11.4 Å². The van der Waals surface area contributed by atoms with Gasteiger partial charge in [-0.15, -0.1) is 0 Å². The number of nitrogens with two attached hydrogens (primary N) is 1. The van der Waals surface area contributed by atoms with Crippen molar-refractivity contribution in [3.63, 3.8) is 0 Å². The SMILES string of the molecule is Cn1ccnc1CCOCCc1ccccc1N. The quantitative estimate of drug-likeness (QED) is 0.623. The van der Waals surface area contributed by atoms with E-state index in [9.17, 15) is 0 Å². The van der Waals surface area contributed by atoms with Gasteiger partial charge < -0.3 is 15.0 Å². The Hall–Kier alpha value is -1.81. The number of hydrogen-bond acceptors (Lipinski definition) is 3. The molecule has 2 aromatic rings. The molecule has 1 aromatic carbocycles. The van der Waals surface area contributed by atoms with Crippen molar-refractivity contribution in [1.29, 1.82) is 0 Å². The highest BCUT2D eigenvalue weighted by molar-refractivity contribution is 5.46. The van der Waals surface area contributed by atoms with Crippen LogP contribution in [0.25, 0.3) is 0 Å². The van der Waals surface area contributed by atoms with Crippen LogP contribution in [0.5, 0.6) is 0 Å². The van der Waals surface area contributed by atoms with Gasteiger partial charge in [-0.1, -0.05) is 18.2 Å². The van der Waals surface area contributed by atoms with Gasteiger partial charge >= 0.3 is 0 Å². The summed E-state index contributed by atoms with van der Waals surface area (Å²) < 4.78 is 7.62. The highest BCUT2D eigenvalue weighted by atomic mass is 16.5. The van der Waals surface area contributed by atoms with Gasteiger partial charge in [-0.25, -0.2) is 4.98 Å². The third-order valence-corrected chi connectivity index (χ3v) is 2.96. The third kappa shape index (κ3) is 3.34. The maximum atomic E-state index is 5.86. The van der Waals surface area contributed by atoms with Crippen molar-refractivity contribution in [3.8, 4) is 0 Å². The summed E-state index contributed by atoms with van der Waals surface area (Å²) in [6, 6.07) is 7.90. The largest absolute Gasteiger partial charge is 0.399 e. The Kier molecular flexibility index (Phi) is 4.36. The van der Waals surface area contributed by atoms with Crippen LogP contribution in [-0.4, -0.2) is 22.8 Å². The summed E-state index contributed by atoms with van der Waals surface area (Å²) in [5.74, 6) is 1.05. The Morgan fingerprint density at radius 2 is 2.00 bits per heavy atom. The maximum absolute atomic E-state index is 5.86. The van der Waals surface area contributed by atoms with Gasteiger partial charge in [-0.2, -0.15) is 0 Å². The molecule has 0 aliphatic rings. The number of nitrogen functional groups attached to an aromatic ring is 1. The van der Waals surface area contributed by atoms with Crippen molar-refractivity contribution >= 4 is 5.69 Å². The first-order valence-electron chi connectivity index (χ1n) is 6.14. The molecule has 4 heteroatoms. The predicted octanol–water partition coefficient (Wildman–Crippen LogP) is 1.80. The Balaban J connectivity index is 1.68. The average molecular weight is 245 g/mol. The molecule has 2 N–H and O–H groups in total. The van der Waals surface area contributed by atoms with Gasteiger partial charge in [0.1, 0.15) is 5.82 Å². The Morgan fingerprint density at radius 1 is 1.22 bits per heavy atom. The number of nitrogens with zero attached hydrogens (tertiary/aromatic N) is 2. The molecule has 0 radical (unpaired) electrons. The molecular formula is C14H19N3O. The molecule has 1 aromatic heterocycles. The van der Waals surface area contributed by atoms with Gasteiger partial charge in [0, 0.05) is 31.5 Å². The molecule has 0 bridgehead atoms. The standard InChI is InChI=1S/C14H19N3O/c1-17-9-8-16-14(17)7-11-18-10-6-12-4-2-3-5-13(12)15/h2-5,8-9H,6-7,10-11,15H2,1H3. The number of benzene rings is 1. The van der Waals surface area contributed by atoms with Gasteiger partial charge in [0.2, 0.25) is 0 Å². The van der Waals surface area contributed by atoms with E-state index in [0.29, 0.717) is 13.2 Å². The summed E-state index contributed by atoms with van der Waals surface area (Å²) in [6.07, 6.45) is 5.45. The lowest BCUT2D eigenvalue weighted by Gasteiger charge is -2.06. The van der Waals surface area contributed by atoms with Gasteiger partial charge in [-0.05, 0) is 18.1 Å². The molecule has 18 heavy (non-hydrogen) atoms. The van der Waals surface area contributed by atoms with Crippen molar-refractivity contribution in [3.05, 3.63) is 48.0 Å². The monoisotopic (exact) mass is 245 g/mol. The molecule has 0 saturated carbocycles. The number of aromatic nitrogens is 2. The van der Waals surface area contributed by atoms with Crippen LogP contribution in [0.2, 0.25) is 0 Å². The van der Waals surface area contributed by atoms with Crippen LogP contribution in [0.3, 0.4) is 0 Å². The molecule has 96 valence electrons. The second kappa shape index (κ2) is 6.21. The lowest BCUT2D eigenvalue weighted by atomic mass is 10.1. The van der Waals surface area contributed by atoms with E-state index in [1.165, 1.54) is 0 Å². The van der Waals surface area contributed by atoms with Crippen LogP contribution < -0.4 is 5.73 Å². The number of hydrogen-bond donors (Lipinski definition) is 1. The molecule has 4 nitrogen and oxygen atoms in total. The van der Waals surface area contributed by atoms with E-state index in [4.69, 9.17) is 10.5 Å². The number of ether oxygens (including phenoxy) is 1. The molecule has 2 rings (SSSR count). The van der Waals surface area contributed by atoms with E-state index in [1.54, 1.807) is 6.20 Å². The molecular weight excluding hydrogens is 226 g/mol. The normalized spacial score (nSPS) is 10.7.